The highest BCUT2D eigenvalue weighted by Gasteiger charge is 2.35. The number of nitrogens with one attached hydrogen (secondary N) is 1. The molecule has 0 saturated carbocycles. The molecule has 0 aromatic rings. The number of carbonyl (C=O) groups excluding carboxylic acids is 1. The minimum absolute atomic E-state index is 0.192. The van der Waals surface area contributed by atoms with Gasteiger partial charge in [0.05, 0.1) is 13.2 Å². The second-order valence-electron chi connectivity index (χ2n) is 4.44. The van der Waals surface area contributed by atoms with E-state index in [9.17, 15) is 4.79 Å². The maximum Gasteiger partial charge on any atom is 0.327 e. The summed E-state index contributed by atoms with van der Waals surface area (Å²) in [6.45, 7) is 11.9. The Morgan fingerprint density at radius 1 is 1.33 bits per heavy atom. The van der Waals surface area contributed by atoms with Crippen molar-refractivity contribution in [3.8, 4) is 0 Å². The zero-order chi connectivity index (χ0) is 14.0. The first kappa shape index (κ1) is 17.4. The number of esters is 1. The zero-order valence-corrected chi connectivity index (χ0v) is 12.4. The van der Waals surface area contributed by atoms with E-state index in [2.05, 4.69) is 17.1 Å². The number of hydrogen-bond donors (Lipinski definition) is 1. The Morgan fingerprint density at radius 2 is 2.00 bits per heavy atom. The number of ether oxygens (including phenoxy) is 2. The van der Waals surface area contributed by atoms with Crippen molar-refractivity contribution in [3.63, 3.8) is 0 Å². The van der Waals surface area contributed by atoms with Gasteiger partial charge in [-0.3, -0.25) is 9.69 Å². The molecule has 5 nitrogen and oxygen atoms in total. The van der Waals surface area contributed by atoms with E-state index in [1.807, 2.05) is 20.8 Å². The standard InChI is InChI=1S/C13H28N2O3/c1-6-14-13(4,12(16)18-8-3)11-15(7-2)9-10-17-5/h14H,6-11H2,1-5H3. The van der Waals surface area contributed by atoms with Gasteiger partial charge in [0.25, 0.3) is 0 Å². The minimum Gasteiger partial charge on any atom is -0.465 e. The number of methoxy groups -OCH3 is 1. The highest BCUT2D eigenvalue weighted by atomic mass is 16.5. The van der Waals surface area contributed by atoms with Crippen LogP contribution in [-0.4, -0.2) is 62.9 Å². The smallest absolute Gasteiger partial charge is 0.327 e. The molecule has 18 heavy (non-hydrogen) atoms. The van der Waals surface area contributed by atoms with Gasteiger partial charge in [0, 0.05) is 20.2 Å². The first-order valence-electron chi connectivity index (χ1n) is 6.67. The molecule has 0 heterocycles. The van der Waals surface area contributed by atoms with Crippen LogP contribution < -0.4 is 5.32 Å². The van der Waals surface area contributed by atoms with Crippen molar-refractivity contribution < 1.29 is 14.3 Å². The van der Waals surface area contributed by atoms with Gasteiger partial charge in [-0.25, -0.2) is 0 Å². The maximum atomic E-state index is 12.0. The molecule has 108 valence electrons. The molecule has 0 aliphatic rings. The Kier molecular flexibility index (Phi) is 8.97. The fraction of sp³-hybridized carbons (Fsp3) is 0.923. The third-order valence-electron chi connectivity index (χ3n) is 2.89. The van der Waals surface area contributed by atoms with E-state index in [4.69, 9.17) is 9.47 Å². The third-order valence-corrected chi connectivity index (χ3v) is 2.89. The van der Waals surface area contributed by atoms with Crippen molar-refractivity contribution in [2.24, 2.45) is 0 Å². The fourth-order valence-electron chi connectivity index (χ4n) is 1.89. The van der Waals surface area contributed by atoms with Crippen molar-refractivity contribution in [3.05, 3.63) is 0 Å². The topological polar surface area (TPSA) is 50.8 Å². The molecule has 0 bridgehead atoms. The summed E-state index contributed by atoms with van der Waals surface area (Å²) in [6.07, 6.45) is 0. The lowest BCUT2D eigenvalue weighted by Gasteiger charge is -2.33. The maximum absolute atomic E-state index is 12.0. The van der Waals surface area contributed by atoms with E-state index in [-0.39, 0.29) is 5.97 Å². The molecule has 1 atom stereocenters. The van der Waals surface area contributed by atoms with Gasteiger partial charge in [0.15, 0.2) is 0 Å². The molecule has 1 N–H and O–H groups in total. The molecule has 0 aliphatic heterocycles. The number of nitrogens with zero attached hydrogens (tertiary/aromatic N) is 1. The molecule has 5 heteroatoms. The van der Waals surface area contributed by atoms with Crippen molar-refractivity contribution in [2.75, 3.05) is 46.5 Å². The third kappa shape index (κ3) is 5.80. The number of carbonyl (C=O) groups is 1. The number of rotatable bonds is 10. The normalized spacial score (nSPS) is 14.6. The van der Waals surface area contributed by atoms with Crippen LogP contribution in [0.2, 0.25) is 0 Å². The van der Waals surface area contributed by atoms with Crippen molar-refractivity contribution in [1.29, 1.82) is 0 Å². The van der Waals surface area contributed by atoms with Gasteiger partial charge in [-0.05, 0) is 26.9 Å². The molecular weight excluding hydrogens is 232 g/mol. The summed E-state index contributed by atoms with van der Waals surface area (Å²) in [5.41, 5.74) is -0.658. The summed E-state index contributed by atoms with van der Waals surface area (Å²) in [7, 11) is 1.68. The van der Waals surface area contributed by atoms with Crippen LogP contribution in [-0.2, 0) is 14.3 Å². The second kappa shape index (κ2) is 9.30. The molecule has 0 aliphatic carbocycles. The number of hydrogen-bond acceptors (Lipinski definition) is 5. The van der Waals surface area contributed by atoms with Crippen LogP contribution in [0, 0.1) is 0 Å². The Hall–Kier alpha value is -0.650. The van der Waals surface area contributed by atoms with Crippen LogP contribution in [0.25, 0.3) is 0 Å². The Labute approximate surface area is 111 Å². The average Bonchev–Trinajstić information content (AvgIpc) is 2.35. The zero-order valence-electron chi connectivity index (χ0n) is 12.4. The van der Waals surface area contributed by atoms with E-state index in [0.717, 1.165) is 19.6 Å². The van der Waals surface area contributed by atoms with Crippen LogP contribution >= 0.6 is 0 Å². The fourth-order valence-corrected chi connectivity index (χ4v) is 1.89. The second-order valence-corrected chi connectivity index (χ2v) is 4.44. The average molecular weight is 260 g/mol. The van der Waals surface area contributed by atoms with E-state index in [0.29, 0.717) is 19.8 Å². The quantitative estimate of drug-likeness (QED) is 0.591. The van der Waals surface area contributed by atoms with Gasteiger partial charge < -0.3 is 14.8 Å². The van der Waals surface area contributed by atoms with Crippen molar-refractivity contribution >= 4 is 5.97 Å². The molecule has 0 rings (SSSR count). The molecule has 0 fully saturated rings. The number of likely N-dealkylation sites (N-methyl/N-ethyl adjacent to an activating group) is 2. The minimum atomic E-state index is -0.658. The van der Waals surface area contributed by atoms with E-state index in [1.54, 1.807) is 7.11 Å². The van der Waals surface area contributed by atoms with Crippen molar-refractivity contribution in [2.45, 2.75) is 33.2 Å². The van der Waals surface area contributed by atoms with E-state index in [1.165, 1.54) is 0 Å². The van der Waals surface area contributed by atoms with E-state index < -0.39 is 5.54 Å². The summed E-state index contributed by atoms with van der Waals surface area (Å²) in [5.74, 6) is -0.192. The van der Waals surface area contributed by atoms with Crippen LogP contribution in [0.15, 0.2) is 0 Å². The van der Waals surface area contributed by atoms with E-state index >= 15 is 0 Å². The molecule has 0 spiro atoms. The van der Waals surface area contributed by atoms with Gasteiger partial charge in [0.1, 0.15) is 5.54 Å². The first-order valence-corrected chi connectivity index (χ1v) is 6.67. The Morgan fingerprint density at radius 3 is 2.44 bits per heavy atom. The summed E-state index contributed by atoms with van der Waals surface area (Å²) in [5, 5.41) is 3.23. The monoisotopic (exact) mass is 260 g/mol. The van der Waals surface area contributed by atoms with Gasteiger partial charge in [-0.2, -0.15) is 0 Å². The first-order chi connectivity index (χ1) is 8.53. The highest BCUT2D eigenvalue weighted by Crippen LogP contribution is 2.10. The van der Waals surface area contributed by atoms with Crippen LogP contribution in [0.4, 0.5) is 0 Å². The SMILES string of the molecule is CCNC(C)(CN(CC)CCOC)C(=O)OCC. The lowest BCUT2D eigenvalue weighted by atomic mass is 10.0. The van der Waals surface area contributed by atoms with Gasteiger partial charge >= 0.3 is 5.97 Å². The summed E-state index contributed by atoms with van der Waals surface area (Å²) in [6, 6.07) is 0. The predicted octanol–water partition coefficient (Wildman–Crippen LogP) is 0.886. The van der Waals surface area contributed by atoms with Crippen LogP contribution in [0.5, 0.6) is 0 Å². The summed E-state index contributed by atoms with van der Waals surface area (Å²) in [4.78, 5) is 14.2. The molecule has 0 aromatic carbocycles. The summed E-state index contributed by atoms with van der Waals surface area (Å²) < 4.78 is 10.2. The van der Waals surface area contributed by atoms with Crippen LogP contribution in [0.1, 0.15) is 27.7 Å². The molecule has 1 unspecified atom stereocenters. The van der Waals surface area contributed by atoms with Crippen LogP contribution in [0.3, 0.4) is 0 Å². The van der Waals surface area contributed by atoms with Gasteiger partial charge in [-0.15, -0.1) is 0 Å². The van der Waals surface area contributed by atoms with Gasteiger partial charge in [-0.1, -0.05) is 13.8 Å². The molecule has 0 radical (unpaired) electrons. The van der Waals surface area contributed by atoms with Gasteiger partial charge in [0.2, 0.25) is 0 Å². The summed E-state index contributed by atoms with van der Waals surface area (Å²) >= 11 is 0. The lowest BCUT2D eigenvalue weighted by Crippen LogP contribution is -2.57. The molecule has 0 amide bonds. The van der Waals surface area contributed by atoms with Crippen molar-refractivity contribution in [1.82, 2.24) is 10.2 Å². The Balaban J connectivity index is 4.60. The molecule has 0 aromatic heterocycles. The molecular formula is C13H28N2O3. The highest BCUT2D eigenvalue weighted by molar-refractivity contribution is 5.80. The lowest BCUT2D eigenvalue weighted by molar-refractivity contribution is -0.151. The predicted molar refractivity (Wildman–Crippen MR) is 72.7 cm³/mol. The largest absolute Gasteiger partial charge is 0.465 e. The Bertz CT molecular complexity index is 236. The molecule has 0 saturated heterocycles.